The lowest BCUT2D eigenvalue weighted by atomic mass is 10.0. The molecular weight excluding hydrogens is 373 g/mol. The Morgan fingerprint density at radius 1 is 1.24 bits per heavy atom. The third kappa shape index (κ3) is 4.04. The number of pyridine rings is 1. The molecule has 1 amide bonds. The van der Waals surface area contributed by atoms with E-state index >= 15 is 0 Å². The van der Waals surface area contributed by atoms with Gasteiger partial charge < -0.3 is 19.5 Å². The van der Waals surface area contributed by atoms with Crippen molar-refractivity contribution >= 4 is 23.1 Å². The second-order valence-electron chi connectivity index (χ2n) is 7.55. The van der Waals surface area contributed by atoms with Crippen LogP contribution < -0.4 is 10.2 Å². The van der Waals surface area contributed by atoms with Gasteiger partial charge in [-0.05, 0) is 39.9 Å². The van der Waals surface area contributed by atoms with Crippen molar-refractivity contribution in [3.8, 4) is 0 Å². The van der Waals surface area contributed by atoms with E-state index in [0.717, 1.165) is 31.7 Å². The normalized spacial score (nSPS) is 15.6. The molecule has 1 fully saturated rings. The summed E-state index contributed by atoms with van der Waals surface area (Å²) in [6, 6.07) is 1.66. The van der Waals surface area contributed by atoms with E-state index in [1.54, 1.807) is 29.9 Å². The van der Waals surface area contributed by atoms with Crippen molar-refractivity contribution < 1.29 is 9.18 Å². The lowest BCUT2D eigenvalue weighted by molar-refractivity contribution is 0.102. The number of hydrogen-bond acceptors (Lipinski definition) is 6. The first-order valence-electron chi connectivity index (χ1n) is 9.60. The topological polar surface area (TPSA) is 78.7 Å². The van der Waals surface area contributed by atoms with Crippen LogP contribution in [0.1, 0.15) is 29.0 Å². The van der Waals surface area contributed by atoms with Crippen molar-refractivity contribution in [1.29, 1.82) is 0 Å². The SMILES string of the molecule is Cc1cn2cc(NC(=O)c3cnc(N(C)C4CCN(C)CC4)cn3)cc(F)c2n1. The van der Waals surface area contributed by atoms with E-state index in [1.807, 2.05) is 7.05 Å². The molecule has 0 atom stereocenters. The van der Waals surface area contributed by atoms with Gasteiger partial charge in [0.25, 0.3) is 5.91 Å². The predicted octanol–water partition coefficient (Wildman–Crippen LogP) is 2.35. The fourth-order valence-corrected chi connectivity index (χ4v) is 3.63. The third-order valence-corrected chi connectivity index (χ3v) is 5.35. The summed E-state index contributed by atoms with van der Waals surface area (Å²) in [5.41, 5.74) is 1.42. The van der Waals surface area contributed by atoms with Crippen LogP contribution in [0.5, 0.6) is 0 Å². The molecule has 0 unspecified atom stereocenters. The molecule has 4 rings (SSSR count). The molecule has 1 aliphatic rings. The second-order valence-corrected chi connectivity index (χ2v) is 7.55. The van der Waals surface area contributed by atoms with Crippen molar-refractivity contribution in [2.24, 2.45) is 0 Å². The molecule has 29 heavy (non-hydrogen) atoms. The maximum absolute atomic E-state index is 14.2. The molecule has 0 radical (unpaired) electrons. The summed E-state index contributed by atoms with van der Waals surface area (Å²) in [5, 5.41) is 2.67. The highest BCUT2D eigenvalue weighted by Gasteiger charge is 2.22. The molecule has 0 spiro atoms. The number of amides is 1. The Bertz CT molecular complexity index is 1030. The summed E-state index contributed by atoms with van der Waals surface area (Å²) in [7, 11) is 4.13. The van der Waals surface area contributed by atoms with Gasteiger partial charge in [-0.2, -0.15) is 0 Å². The number of fused-ring (bicyclic) bond motifs is 1. The summed E-state index contributed by atoms with van der Waals surface area (Å²) in [6.07, 6.45) is 8.51. The average Bonchev–Trinajstić information content (AvgIpc) is 3.09. The van der Waals surface area contributed by atoms with Gasteiger partial charge >= 0.3 is 0 Å². The number of carbonyl (C=O) groups is 1. The zero-order valence-electron chi connectivity index (χ0n) is 16.8. The van der Waals surface area contributed by atoms with Crippen LogP contribution in [0, 0.1) is 12.7 Å². The Hall–Kier alpha value is -3.07. The van der Waals surface area contributed by atoms with Gasteiger partial charge in [0.15, 0.2) is 11.5 Å². The van der Waals surface area contributed by atoms with Crippen LogP contribution in [0.25, 0.3) is 5.65 Å². The smallest absolute Gasteiger partial charge is 0.275 e. The maximum atomic E-state index is 14.2. The summed E-state index contributed by atoms with van der Waals surface area (Å²) in [5.74, 6) is -0.212. The minimum absolute atomic E-state index is 0.174. The zero-order chi connectivity index (χ0) is 20.5. The Morgan fingerprint density at radius 3 is 2.69 bits per heavy atom. The number of likely N-dealkylation sites (tertiary alicyclic amines) is 1. The molecule has 3 aromatic heterocycles. The number of imidazole rings is 1. The lowest BCUT2D eigenvalue weighted by Gasteiger charge is -2.35. The van der Waals surface area contributed by atoms with E-state index in [0.29, 0.717) is 17.4 Å². The van der Waals surface area contributed by atoms with E-state index in [1.165, 1.54) is 12.3 Å². The molecular formula is C20H24FN7O. The van der Waals surface area contributed by atoms with Crippen molar-refractivity contribution in [3.63, 3.8) is 0 Å². The fraction of sp³-hybridized carbons (Fsp3) is 0.400. The summed E-state index contributed by atoms with van der Waals surface area (Å²) >= 11 is 0. The molecule has 1 aliphatic heterocycles. The molecule has 0 saturated carbocycles. The minimum atomic E-state index is -0.503. The fourth-order valence-electron chi connectivity index (χ4n) is 3.63. The van der Waals surface area contributed by atoms with Crippen LogP contribution in [0.3, 0.4) is 0 Å². The van der Waals surface area contributed by atoms with Gasteiger partial charge in [-0.1, -0.05) is 0 Å². The molecule has 152 valence electrons. The van der Waals surface area contributed by atoms with E-state index in [-0.39, 0.29) is 11.3 Å². The molecule has 4 heterocycles. The monoisotopic (exact) mass is 397 g/mol. The van der Waals surface area contributed by atoms with Crippen molar-refractivity contribution in [2.45, 2.75) is 25.8 Å². The lowest BCUT2D eigenvalue weighted by Crippen LogP contribution is -2.42. The first-order valence-corrected chi connectivity index (χ1v) is 9.60. The van der Waals surface area contributed by atoms with Crippen LogP contribution in [0.4, 0.5) is 15.9 Å². The van der Waals surface area contributed by atoms with E-state index in [2.05, 4.69) is 37.1 Å². The minimum Gasteiger partial charge on any atom is -0.355 e. The van der Waals surface area contributed by atoms with Crippen molar-refractivity contribution in [3.05, 3.63) is 48.1 Å². The highest BCUT2D eigenvalue weighted by Crippen LogP contribution is 2.20. The van der Waals surface area contributed by atoms with E-state index < -0.39 is 11.7 Å². The van der Waals surface area contributed by atoms with Gasteiger partial charge in [0.05, 0.1) is 23.8 Å². The molecule has 9 heteroatoms. The maximum Gasteiger partial charge on any atom is 0.275 e. The third-order valence-electron chi connectivity index (χ3n) is 5.35. The molecule has 8 nitrogen and oxygen atoms in total. The van der Waals surface area contributed by atoms with Crippen LogP contribution in [0.15, 0.2) is 30.9 Å². The number of aromatic nitrogens is 4. The highest BCUT2D eigenvalue weighted by atomic mass is 19.1. The Labute approximate surface area is 168 Å². The first-order chi connectivity index (χ1) is 13.9. The summed E-state index contributed by atoms with van der Waals surface area (Å²) in [4.78, 5) is 29.7. The molecule has 1 saturated heterocycles. The van der Waals surface area contributed by atoms with E-state index in [4.69, 9.17) is 0 Å². The van der Waals surface area contributed by atoms with Crippen LogP contribution in [-0.2, 0) is 0 Å². The Kier molecular flexibility index (Phi) is 5.14. The molecule has 0 aliphatic carbocycles. The number of aryl methyl sites for hydroxylation is 1. The molecule has 0 aromatic carbocycles. The second kappa shape index (κ2) is 7.75. The molecule has 1 N–H and O–H groups in total. The van der Waals surface area contributed by atoms with E-state index in [9.17, 15) is 9.18 Å². The predicted molar refractivity (Wildman–Crippen MR) is 109 cm³/mol. The number of halogens is 1. The molecule has 3 aromatic rings. The van der Waals surface area contributed by atoms with Gasteiger partial charge in [0, 0.05) is 31.5 Å². The highest BCUT2D eigenvalue weighted by molar-refractivity contribution is 6.02. The van der Waals surface area contributed by atoms with Gasteiger partial charge in [0.1, 0.15) is 11.5 Å². The summed E-state index contributed by atoms with van der Waals surface area (Å²) in [6.45, 7) is 3.89. The number of nitrogens with one attached hydrogen (secondary N) is 1. The number of nitrogens with zero attached hydrogens (tertiary/aromatic N) is 6. The number of anilines is 2. The average molecular weight is 397 g/mol. The largest absolute Gasteiger partial charge is 0.355 e. The van der Waals surface area contributed by atoms with Crippen molar-refractivity contribution in [1.82, 2.24) is 24.3 Å². The Morgan fingerprint density at radius 2 is 2.00 bits per heavy atom. The van der Waals surface area contributed by atoms with Crippen LogP contribution in [0.2, 0.25) is 0 Å². The number of carbonyl (C=O) groups excluding carboxylic acids is 1. The summed E-state index contributed by atoms with van der Waals surface area (Å²) < 4.78 is 15.7. The van der Waals surface area contributed by atoms with Gasteiger partial charge in [0.2, 0.25) is 0 Å². The number of piperidine rings is 1. The Balaban J connectivity index is 1.45. The van der Waals surface area contributed by atoms with Crippen LogP contribution >= 0.6 is 0 Å². The van der Waals surface area contributed by atoms with Crippen molar-refractivity contribution in [2.75, 3.05) is 37.4 Å². The van der Waals surface area contributed by atoms with Crippen LogP contribution in [-0.4, -0.2) is 63.4 Å². The van der Waals surface area contributed by atoms with Gasteiger partial charge in [-0.25, -0.2) is 19.3 Å². The zero-order valence-corrected chi connectivity index (χ0v) is 16.8. The quantitative estimate of drug-likeness (QED) is 0.728. The first kappa shape index (κ1) is 19.3. The number of rotatable bonds is 4. The van der Waals surface area contributed by atoms with Gasteiger partial charge in [-0.15, -0.1) is 0 Å². The number of hydrogen-bond donors (Lipinski definition) is 1. The molecule has 0 bridgehead atoms. The van der Waals surface area contributed by atoms with Gasteiger partial charge in [-0.3, -0.25) is 4.79 Å². The standard InChI is InChI=1S/C20H24FN7O/c1-13-11-28-12-14(8-16(21)19(28)24-13)25-20(29)17-9-23-18(10-22-17)27(3)15-4-6-26(2)7-5-15/h8-12,15H,4-7H2,1-3H3,(H,25,29).